The van der Waals surface area contributed by atoms with Crippen LogP contribution in [0.3, 0.4) is 0 Å². The molecule has 2 N–H and O–H groups in total. The van der Waals surface area contributed by atoms with E-state index in [9.17, 15) is 14.7 Å². The van der Waals surface area contributed by atoms with Crippen LogP contribution in [0.5, 0.6) is 0 Å². The molecule has 21 heavy (non-hydrogen) atoms. The molecule has 2 aliphatic rings. The van der Waals surface area contributed by atoms with E-state index in [0.717, 1.165) is 5.57 Å². The summed E-state index contributed by atoms with van der Waals surface area (Å²) in [7, 11) is 0. The lowest BCUT2D eigenvalue weighted by molar-refractivity contribution is -0.147. The first-order valence-electron chi connectivity index (χ1n) is 8.14. The number of carboxylic acids is 1. The van der Waals surface area contributed by atoms with Gasteiger partial charge in [0.1, 0.15) is 0 Å². The van der Waals surface area contributed by atoms with Gasteiger partial charge in [-0.15, -0.1) is 0 Å². The van der Waals surface area contributed by atoms with Crippen LogP contribution >= 0.6 is 0 Å². The van der Waals surface area contributed by atoms with E-state index in [-0.39, 0.29) is 5.91 Å². The number of allylic oxidation sites excluding steroid dienone is 2. The smallest absolute Gasteiger partial charge is 0.307 e. The number of carboxylic acid groups (broad SMARTS) is 1. The van der Waals surface area contributed by atoms with Gasteiger partial charge in [-0.25, -0.2) is 0 Å². The van der Waals surface area contributed by atoms with Gasteiger partial charge in [0.15, 0.2) is 0 Å². The van der Waals surface area contributed by atoms with E-state index in [1.54, 1.807) is 0 Å². The molecule has 1 amide bonds. The Kier molecular flexibility index (Phi) is 5.43. The second kappa shape index (κ2) is 7.10. The number of hydrogen-bond acceptors (Lipinski definition) is 2. The second-order valence-electron chi connectivity index (χ2n) is 6.77. The highest BCUT2D eigenvalue weighted by Crippen LogP contribution is 2.34. The maximum absolute atomic E-state index is 12.4. The highest BCUT2D eigenvalue weighted by Gasteiger charge is 2.37. The summed E-state index contributed by atoms with van der Waals surface area (Å²) >= 11 is 0. The Labute approximate surface area is 127 Å². The number of carbonyl (C=O) groups is 2. The SMILES string of the molecule is CC1=C(C)C[C@@H](C(=O)NCC2CCCCC2)[C@H](C(=O)O)C1. The fourth-order valence-electron chi connectivity index (χ4n) is 3.59. The summed E-state index contributed by atoms with van der Waals surface area (Å²) < 4.78 is 0. The van der Waals surface area contributed by atoms with Gasteiger partial charge < -0.3 is 10.4 Å². The van der Waals surface area contributed by atoms with Crippen molar-refractivity contribution in [2.45, 2.75) is 58.8 Å². The predicted molar refractivity (Wildman–Crippen MR) is 81.8 cm³/mol. The zero-order valence-electron chi connectivity index (χ0n) is 13.2. The van der Waals surface area contributed by atoms with Gasteiger partial charge >= 0.3 is 5.97 Å². The molecule has 0 saturated heterocycles. The fourth-order valence-corrected chi connectivity index (χ4v) is 3.59. The Morgan fingerprint density at radius 1 is 1.05 bits per heavy atom. The molecule has 1 fully saturated rings. The average molecular weight is 293 g/mol. The molecule has 2 aliphatic carbocycles. The number of aliphatic carboxylic acids is 1. The van der Waals surface area contributed by atoms with Gasteiger partial charge in [-0.05, 0) is 45.4 Å². The Bertz CT molecular complexity index is 435. The van der Waals surface area contributed by atoms with Crippen LogP contribution in [-0.2, 0) is 9.59 Å². The minimum absolute atomic E-state index is 0.0696. The molecule has 1 saturated carbocycles. The zero-order chi connectivity index (χ0) is 15.4. The summed E-state index contributed by atoms with van der Waals surface area (Å²) in [5.41, 5.74) is 2.30. The summed E-state index contributed by atoms with van der Waals surface area (Å²) in [6.07, 6.45) is 7.27. The van der Waals surface area contributed by atoms with Crippen LogP contribution in [0.1, 0.15) is 58.8 Å². The van der Waals surface area contributed by atoms with Crippen molar-refractivity contribution >= 4 is 11.9 Å². The van der Waals surface area contributed by atoms with Crippen molar-refractivity contribution in [2.75, 3.05) is 6.54 Å². The molecule has 0 aromatic carbocycles. The van der Waals surface area contributed by atoms with E-state index in [0.29, 0.717) is 25.3 Å². The van der Waals surface area contributed by atoms with Gasteiger partial charge in [0.05, 0.1) is 11.8 Å². The van der Waals surface area contributed by atoms with Gasteiger partial charge in [0, 0.05) is 6.54 Å². The molecule has 0 aliphatic heterocycles. The first-order chi connectivity index (χ1) is 9.99. The van der Waals surface area contributed by atoms with Crippen LogP contribution in [0.2, 0.25) is 0 Å². The summed E-state index contributed by atoms with van der Waals surface area (Å²) in [5, 5.41) is 12.4. The maximum Gasteiger partial charge on any atom is 0.307 e. The Balaban J connectivity index is 1.94. The molecule has 2 atom stereocenters. The quantitative estimate of drug-likeness (QED) is 0.783. The third kappa shape index (κ3) is 4.08. The lowest BCUT2D eigenvalue weighted by Crippen LogP contribution is -2.41. The molecule has 2 rings (SSSR count). The Hall–Kier alpha value is -1.32. The van der Waals surface area contributed by atoms with E-state index in [4.69, 9.17) is 0 Å². The van der Waals surface area contributed by atoms with Crippen LogP contribution in [0.25, 0.3) is 0 Å². The summed E-state index contributed by atoms with van der Waals surface area (Å²) in [5.74, 6) is -1.32. The molecule has 0 heterocycles. The average Bonchev–Trinajstić information content (AvgIpc) is 2.48. The zero-order valence-corrected chi connectivity index (χ0v) is 13.2. The summed E-state index contributed by atoms with van der Waals surface area (Å²) in [6, 6.07) is 0. The standard InChI is InChI=1S/C17H27NO3/c1-11-8-14(15(17(20)21)9-12(11)2)16(19)18-10-13-6-4-3-5-7-13/h13-15H,3-10H2,1-2H3,(H,18,19)(H,20,21)/t14-,15-/m1/s1. The molecule has 0 unspecified atom stereocenters. The molecule has 0 aromatic rings. The van der Waals surface area contributed by atoms with Crippen LogP contribution in [-0.4, -0.2) is 23.5 Å². The molecule has 0 aromatic heterocycles. The molecule has 0 radical (unpaired) electrons. The van der Waals surface area contributed by atoms with E-state index in [2.05, 4.69) is 5.32 Å². The molecular weight excluding hydrogens is 266 g/mol. The number of rotatable bonds is 4. The van der Waals surface area contributed by atoms with Crippen LogP contribution in [0, 0.1) is 17.8 Å². The lowest BCUT2D eigenvalue weighted by Gasteiger charge is -2.30. The largest absolute Gasteiger partial charge is 0.481 e. The van der Waals surface area contributed by atoms with Crippen molar-refractivity contribution in [2.24, 2.45) is 17.8 Å². The molecule has 4 nitrogen and oxygen atoms in total. The molecular formula is C17H27NO3. The minimum Gasteiger partial charge on any atom is -0.481 e. The molecule has 0 bridgehead atoms. The van der Waals surface area contributed by atoms with E-state index >= 15 is 0 Å². The molecule has 4 heteroatoms. The van der Waals surface area contributed by atoms with Gasteiger partial charge in [-0.1, -0.05) is 30.4 Å². The van der Waals surface area contributed by atoms with Crippen molar-refractivity contribution in [3.8, 4) is 0 Å². The van der Waals surface area contributed by atoms with Gasteiger partial charge in [-0.2, -0.15) is 0 Å². The first kappa shape index (κ1) is 16.1. The molecule has 118 valence electrons. The highest BCUT2D eigenvalue weighted by atomic mass is 16.4. The third-order valence-corrected chi connectivity index (χ3v) is 5.21. The third-order valence-electron chi connectivity index (χ3n) is 5.21. The Morgan fingerprint density at radius 2 is 1.62 bits per heavy atom. The van der Waals surface area contributed by atoms with E-state index < -0.39 is 17.8 Å². The van der Waals surface area contributed by atoms with Gasteiger partial charge in [0.2, 0.25) is 5.91 Å². The number of carbonyl (C=O) groups excluding carboxylic acids is 1. The van der Waals surface area contributed by atoms with Crippen LogP contribution < -0.4 is 5.32 Å². The topological polar surface area (TPSA) is 66.4 Å². The monoisotopic (exact) mass is 293 g/mol. The van der Waals surface area contributed by atoms with Crippen molar-refractivity contribution < 1.29 is 14.7 Å². The van der Waals surface area contributed by atoms with Crippen LogP contribution in [0.4, 0.5) is 0 Å². The summed E-state index contributed by atoms with van der Waals surface area (Å²) in [6.45, 7) is 4.69. The second-order valence-corrected chi connectivity index (χ2v) is 6.77. The number of amides is 1. The number of hydrogen-bond donors (Lipinski definition) is 2. The molecule has 0 spiro atoms. The van der Waals surface area contributed by atoms with Crippen molar-refractivity contribution in [3.63, 3.8) is 0 Å². The van der Waals surface area contributed by atoms with E-state index in [1.807, 2.05) is 13.8 Å². The van der Waals surface area contributed by atoms with Gasteiger partial charge in [0.25, 0.3) is 0 Å². The van der Waals surface area contributed by atoms with Crippen molar-refractivity contribution in [1.82, 2.24) is 5.32 Å². The maximum atomic E-state index is 12.4. The van der Waals surface area contributed by atoms with Crippen molar-refractivity contribution in [1.29, 1.82) is 0 Å². The minimum atomic E-state index is -0.848. The summed E-state index contributed by atoms with van der Waals surface area (Å²) in [4.78, 5) is 23.8. The van der Waals surface area contributed by atoms with Crippen molar-refractivity contribution in [3.05, 3.63) is 11.1 Å². The normalized spacial score (nSPS) is 27.5. The Morgan fingerprint density at radius 3 is 2.19 bits per heavy atom. The number of nitrogens with one attached hydrogen (secondary N) is 1. The van der Waals surface area contributed by atoms with E-state index in [1.165, 1.54) is 37.7 Å². The highest BCUT2D eigenvalue weighted by molar-refractivity contribution is 5.85. The van der Waals surface area contributed by atoms with Gasteiger partial charge in [-0.3, -0.25) is 9.59 Å². The lowest BCUT2D eigenvalue weighted by atomic mass is 9.76. The predicted octanol–water partition coefficient (Wildman–Crippen LogP) is 3.13. The fraction of sp³-hybridized carbons (Fsp3) is 0.765. The van der Waals surface area contributed by atoms with Crippen LogP contribution in [0.15, 0.2) is 11.1 Å². The first-order valence-corrected chi connectivity index (χ1v) is 8.14.